The Morgan fingerprint density at radius 1 is 1.17 bits per heavy atom. The summed E-state index contributed by atoms with van der Waals surface area (Å²) in [5.74, 6) is -0.153. The number of nitrogens with zero attached hydrogens (tertiary/aromatic N) is 2. The molecule has 0 saturated carbocycles. The highest BCUT2D eigenvalue weighted by Gasteiger charge is 2.35. The molecule has 1 unspecified atom stereocenters. The molecule has 29 heavy (non-hydrogen) atoms. The van der Waals surface area contributed by atoms with Gasteiger partial charge < -0.3 is 0 Å². The van der Waals surface area contributed by atoms with Crippen LogP contribution in [0.25, 0.3) is 0 Å². The second-order valence-electron chi connectivity index (χ2n) is 6.76. The topological polar surface area (TPSA) is 78.8 Å². The number of carbonyl (C=O) groups is 1. The van der Waals surface area contributed by atoms with Gasteiger partial charge in [-0.1, -0.05) is 24.3 Å². The summed E-state index contributed by atoms with van der Waals surface area (Å²) in [4.78, 5) is 16.0. The number of anilines is 1. The number of thiophene rings is 2. The Morgan fingerprint density at radius 2 is 1.97 bits per heavy atom. The van der Waals surface area contributed by atoms with E-state index in [2.05, 4.69) is 9.82 Å². The highest BCUT2D eigenvalue weighted by Crippen LogP contribution is 2.38. The van der Waals surface area contributed by atoms with Crippen LogP contribution in [0.2, 0.25) is 0 Å². The molecule has 2 aromatic heterocycles. The lowest BCUT2D eigenvalue weighted by Gasteiger charge is -2.19. The number of carbonyl (C=O) groups excluding carboxylic acids is 1. The van der Waals surface area contributed by atoms with E-state index in [1.54, 1.807) is 29.5 Å². The van der Waals surface area contributed by atoms with Crippen LogP contribution in [0.1, 0.15) is 37.5 Å². The first kappa shape index (κ1) is 19.8. The summed E-state index contributed by atoms with van der Waals surface area (Å²) in [5, 5.41) is 8.05. The smallest absolute Gasteiger partial charge is 0.283 e. The highest BCUT2D eigenvalue weighted by atomic mass is 32.2. The molecule has 3 aromatic rings. The van der Waals surface area contributed by atoms with Crippen LogP contribution in [-0.2, 0) is 10.0 Å². The Labute approximate surface area is 177 Å². The third-order valence-corrected chi connectivity index (χ3v) is 7.02. The van der Waals surface area contributed by atoms with Gasteiger partial charge in [0, 0.05) is 21.7 Å². The van der Waals surface area contributed by atoms with Gasteiger partial charge >= 0.3 is 0 Å². The zero-order valence-electron chi connectivity index (χ0n) is 15.8. The molecule has 3 heterocycles. The average molecular weight is 446 g/mol. The zero-order valence-corrected chi connectivity index (χ0v) is 18.3. The number of hydrogen-bond acceptors (Lipinski definition) is 6. The molecule has 0 radical (unpaired) electrons. The Balaban J connectivity index is 1.75. The Kier molecular flexibility index (Phi) is 5.28. The summed E-state index contributed by atoms with van der Waals surface area (Å²) in [7, 11) is -3.44. The summed E-state index contributed by atoms with van der Waals surface area (Å²) in [6, 6.07) is 14.6. The van der Waals surface area contributed by atoms with Crippen molar-refractivity contribution in [2.45, 2.75) is 19.4 Å². The summed E-state index contributed by atoms with van der Waals surface area (Å²) < 4.78 is 26.1. The predicted octanol–water partition coefficient (Wildman–Crippen LogP) is 4.48. The van der Waals surface area contributed by atoms with Gasteiger partial charge in [0.1, 0.15) is 0 Å². The Hall–Kier alpha value is -2.49. The van der Waals surface area contributed by atoms with Gasteiger partial charge in [0.05, 0.1) is 28.6 Å². The van der Waals surface area contributed by atoms with Gasteiger partial charge in [0.25, 0.3) is 5.91 Å². The minimum absolute atomic E-state index is 0.153. The standard InChI is InChI=1S/C20H19N3O3S3/c1-13-9-10-18(28-13)17-12-16(21-23(17)20(24)19-8-5-11-27-19)14-6-3-4-7-15(14)22-29(2,25)26/h3-11,17,22H,12H2,1-2H3. The van der Waals surface area contributed by atoms with Crippen LogP contribution in [0.3, 0.4) is 0 Å². The normalized spacial score (nSPS) is 16.7. The number of aryl methyl sites for hydroxylation is 1. The van der Waals surface area contributed by atoms with E-state index in [0.717, 1.165) is 16.0 Å². The summed E-state index contributed by atoms with van der Waals surface area (Å²) in [6.07, 6.45) is 1.63. The fourth-order valence-electron chi connectivity index (χ4n) is 3.25. The minimum atomic E-state index is -3.44. The van der Waals surface area contributed by atoms with E-state index in [-0.39, 0.29) is 11.9 Å². The molecule has 1 aliphatic rings. The minimum Gasteiger partial charge on any atom is -0.283 e. The van der Waals surface area contributed by atoms with Crippen LogP contribution in [0.5, 0.6) is 0 Å². The number of amides is 1. The SMILES string of the molecule is Cc1ccc(C2CC(c3ccccc3NS(C)(=O)=O)=NN2C(=O)c2cccs2)s1. The van der Waals surface area contributed by atoms with E-state index in [9.17, 15) is 13.2 Å². The third-order valence-electron chi connectivity index (χ3n) is 4.47. The number of nitrogens with one attached hydrogen (secondary N) is 1. The van der Waals surface area contributed by atoms with Gasteiger partial charge in [-0.05, 0) is 36.6 Å². The van der Waals surface area contributed by atoms with E-state index in [1.807, 2.05) is 42.6 Å². The van der Waals surface area contributed by atoms with Crippen molar-refractivity contribution in [1.29, 1.82) is 0 Å². The quantitative estimate of drug-likeness (QED) is 0.629. The molecule has 9 heteroatoms. The van der Waals surface area contributed by atoms with E-state index in [1.165, 1.54) is 16.3 Å². The van der Waals surface area contributed by atoms with Crippen LogP contribution < -0.4 is 4.72 Å². The maximum absolute atomic E-state index is 13.1. The number of para-hydroxylation sites is 1. The first-order valence-corrected chi connectivity index (χ1v) is 12.5. The van der Waals surface area contributed by atoms with E-state index in [0.29, 0.717) is 28.3 Å². The maximum Gasteiger partial charge on any atom is 0.284 e. The van der Waals surface area contributed by atoms with E-state index >= 15 is 0 Å². The fraction of sp³-hybridized carbons (Fsp3) is 0.200. The number of rotatable bonds is 5. The Morgan fingerprint density at radius 3 is 2.62 bits per heavy atom. The maximum atomic E-state index is 13.1. The van der Waals surface area contributed by atoms with Crippen LogP contribution in [0.4, 0.5) is 5.69 Å². The molecule has 150 valence electrons. The molecular formula is C20H19N3O3S3. The lowest BCUT2D eigenvalue weighted by molar-refractivity contribution is 0.0719. The van der Waals surface area contributed by atoms with E-state index in [4.69, 9.17) is 0 Å². The fourth-order valence-corrected chi connectivity index (χ4v) is 5.45. The van der Waals surface area contributed by atoms with Gasteiger partial charge in [-0.15, -0.1) is 22.7 Å². The van der Waals surface area contributed by atoms with Crippen molar-refractivity contribution in [3.63, 3.8) is 0 Å². The van der Waals surface area contributed by atoms with Crippen LogP contribution in [-0.4, -0.2) is 31.3 Å². The molecule has 1 aliphatic heterocycles. The molecular weight excluding hydrogens is 426 g/mol. The zero-order chi connectivity index (χ0) is 20.6. The van der Waals surface area contributed by atoms with Crippen molar-refractivity contribution >= 4 is 50.0 Å². The van der Waals surface area contributed by atoms with Crippen molar-refractivity contribution in [1.82, 2.24) is 5.01 Å². The largest absolute Gasteiger partial charge is 0.284 e. The van der Waals surface area contributed by atoms with Crippen molar-refractivity contribution in [2.24, 2.45) is 5.10 Å². The molecule has 1 N–H and O–H groups in total. The molecule has 1 atom stereocenters. The van der Waals surface area contributed by atoms with Crippen molar-refractivity contribution in [3.8, 4) is 0 Å². The average Bonchev–Trinajstić information content (AvgIpc) is 3.40. The summed E-state index contributed by atoms with van der Waals surface area (Å²) in [6.45, 7) is 2.03. The molecule has 6 nitrogen and oxygen atoms in total. The Bertz CT molecular complexity index is 1180. The van der Waals surface area contributed by atoms with E-state index < -0.39 is 10.0 Å². The van der Waals surface area contributed by atoms with Gasteiger partial charge in [0.15, 0.2) is 0 Å². The van der Waals surface area contributed by atoms with Crippen molar-refractivity contribution in [2.75, 3.05) is 11.0 Å². The van der Waals surface area contributed by atoms with Gasteiger partial charge in [-0.25, -0.2) is 13.4 Å². The first-order valence-electron chi connectivity index (χ1n) is 8.90. The van der Waals surface area contributed by atoms with Crippen molar-refractivity contribution in [3.05, 3.63) is 74.1 Å². The second-order valence-corrected chi connectivity index (χ2v) is 10.8. The third kappa shape index (κ3) is 4.26. The first-order chi connectivity index (χ1) is 13.8. The molecule has 1 aromatic carbocycles. The van der Waals surface area contributed by atoms with Crippen LogP contribution in [0, 0.1) is 6.92 Å². The van der Waals surface area contributed by atoms with Gasteiger partial charge in [0.2, 0.25) is 10.0 Å². The molecule has 4 rings (SSSR count). The molecule has 0 saturated heterocycles. The molecule has 0 spiro atoms. The van der Waals surface area contributed by atoms with Crippen LogP contribution in [0.15, 0.2) is 59.0 Å². The second kappa shape index (κ2) is 7.74. The van der Waals surface area contributed by atoms with Gasteiger partial charge in [-0.2, -0.15) is 5.10 Å². The molecule has 0 bridgehead atoms. The number of hydrogen-bond donors (Lipinski definition) is 1. The van der Waals surface area contributed by atoms with Crippen LogP contribution >= 0.6 is 22.7 Å². The van der Waals surface area contributed by atoms with Gasteiger partial charge in [-0.3, -0.25) is 9.52 Å². The highest BCUT2D eigenvalue weighted by molar-refractivity contribution is 7.92. The molecule has 1 amide bonds. The van der Waals surface area contributed by atoms with Crippen molar-refractivity contribution < 1.29 is 13.2 Å². The number of benzene rings is 1. The number of hydrazone groups is 1. The monoisotopic (exact) mass is 445 g/mol. The number of sulfonamides is 1. The molecule has 0 aliphatic carbocycles. The predicted molar refractivity (Wildman–Crippen MR) is 118 cm³/mol. The molecule has 0 fully saturated rings. The lowest BCUT2D eigenvalue weighted by Crippen LogP contribution is -2.25. The summed E-state index contributed by atoms with van der Waals surface area (Å²) in [5.41, 5.74) is 1.82. The lowest BCUT2D eigenvalue weighted by atomic mass is 10.0. The summed E-state index contributed by atoms with van der Waals surface area (Å²) >= 11 is 3.02.